The van der Waals surface area contributed by atoms with Crippen LogP contribution in [0.5, 0.6) is 0 Å². The topological polar surface area (TPSA) is 29.5 Å². The van der Waals surface area contributed by atoms with Crippen LogP contribution in [0.15, 0.2) is 18.2 Å². The third-order valence-corrected chi connectivity index (χ3v) is 4.67. The van der Waals surface area contributed by atoms with Crippen LogP contribution in [-0.4, -0.2) is 23.9 Å². The summed E-state index contributed by atoms with van der Waals surface area (Å²) in [5, 5.41) is 10.7. The SMILES string of the molecule is COC1(C(O)Cc2ccc(F)c(Cl)c2)CCCCCC1. The van der Waals surface area contributed by atoms with Crippen LogP contribution in [-0.2, 0) is 11.2 Å². The third kappa shape index (κ3) is 3.51. The highest BCUT2D eigenvalue weighted by molar-refractivity contribution is 6.30. The Morgan fingerprint density at radius 3 is 2.50 bits per heavy atom. The summed E-state index contributed by atoms with van der Waals surface area (Å²) in [6.45, 7) is 0. The fraction of sp³-hybridized carbons (Fsp3) is 0.625. The lowest BCUT2D eigenvalue weighted by Crippen LogP contribution is -2.45. The summed E-state index contributed by atoms with van der Waals surface area (Å²) in [5.41, 5.74) is 0.363. The number of halogens is 2. The van der Waals surface area contributed by atoms with E-state index < -0.39 is 17.5 Å². The zero-order valence-electron chi connectivity index (χ0n) is 11.9. The molecule has 0 saturated heterocycles. The number of hydrogen-bond donors (Lipinski definition) is 1. The molecular formula is C16H22ClFO2. The molecule has 1 aromatic rings. The molecular weight excluding hydrogens is 279 g/mol. The first-order valence-electron chi connectivity index (χ1n) is 7.24. The molecule has 1 aliphatic carbocycles. The summed E-state index contributed by atoms with van der Waals surface area (Å²) < 4.78 is 18.9. The van der Waals surface area contributed by atoms with Crippen LogP contribution in [0.4, 0.5) is 4.39 Å². The smallest absolute Gasteiger partial charge is 0.141 e. The molecule has 2 nitrogen and oxygen atoms in total. The Labute approximate surface area is 124 Å². The molecule has 2 rings (SSSR count). The van der Waals surface area contributed by atoms with Crippen LogP contribution in [0, 0.1) is 5.82 Å². The molecule has 112 valence electrons. The van der Waals surface area contributed by atoms with E-state index in [0.717, 1.165) is 31.2 Å². The Kier molecular flexibility index (Phi) is 5.42. The summed E-state index contributed by atoms with van der Waals surface area (Å²) >= 11 is 5.79. The lowest BCUT2D eigenvalue weighted by atomic mass is 9.85. The average molecular weight is 301 g/mol. The highest BCUT2D eigenvalue weighted by atomic mass is 35.5. The standard InChI is InChI=1S/C16H22ClFO2/c1-20-16(8-4-2-3-5-9-16)15(19)11-12-6-7-14(18)13(17)10-12/h6-7,10,15,19H,2-5,8-9,11H2,1H3. The van der Waals surface area contributed by atoms with Gasteiger partial charge >= 0.3 is 0 Å². The van der Waals surface area contributed by atoms with Gasteiger partial charge in [-0.15, -0.1) is 0 Å². The zero-order chi connectivity index (χ0) is 14.6. The molecule has 0 aliphatic heterocycles. The van der Waals surface area contributed by atoms with E-state index in [1.165, 1.54) is 18.9 Å². The van der Waals surface area contributed by atoms with Gasteiger partial charge in [-0.25, -0.2) is 4.39 Å². The van der Waals surface area contributed by atoms with Crippen LogP contribution in [0.2, 0.25) is 5.02 Å². The number of ether oxygens (including phenoxy) is 1. The van der Waals surface area contributed by atoms with E-state index >= 15 is 0 Å². The van der Waals surface area contributed by atoms with Crippen LogP contribution in [0.25, 0.3) is 0 Å². The molecule has 0 amide bonds. The predicted molar refractivity (Wildman–Crippen MR) is 78.6 cm³/mol. The van der Waals surface area contributed by atoms with Crippen LogP contribution in [0.1, 0.15) is 44.1 Å². The van der Waals surface area contributed by atoms with Gasteiger partial charge < -0.3 is 9.84 Å². The first kappa shape index (κ1) is 15.7. The van der Waals surface area contributed by atoms with Crippen LogP contribution in [0.3, 0.4) is 0 Å². The van der Waals surface area contributed by atoms with E-state index in [9.17, 15) is 9.50 Å². The lowest BCUT2D eigenvalue weighted by Gasteiger charge is -2.36. The molecule has 0 aromatic heterocycles. The molecule has 0 radical (unpaired) electrons. The molecule has 1 fully saturated rings. The summed E-state index contributed by atoms with van der Waals surface area (Å²) in [5.74, 6) is -0.430. The van der Waals surface area contributed by atoms with Crippen molar-refractivity contribution in [3.63, 3.8) is 0 Å². The van der Waals surface area contributed by atoms with Gasteiger partial charge in [-0.2, -0.15) is 0 Å². The van der Waals surface area contributed by atoms with Gasteiger partial charge in [0.15, 0.2) is 0 Å². The maximum atomic E-state index is 13.2. The highest BCUT2D eigenvalue weighted by Crippen LogP contribution is 2.34. The average Bonchev–Trinajstić information content (AvgIpc) is 2.69. The molecule has 1 atom stereocenters. The van der Waals surface area contributed by atoms with E-state index in [2.05, 4.69) is 0 Å². The Bertz CT molecular complexity index is 442. The van der Waals surface area contributed by atoms with E-state index in [0.29, 0.717) is 6.42 Å². The number of rotatable bonds is 4. The summed E-state index contributed by atoms with van der Waals surface area (Å²) in [6.07, 6.45) is 6.14. The van der Waals surface area contributed by atoms with Crippen LogP contribution < -0.4 is 0 Å². The highest BCUT2D eigenvalue weighted by Gasteiger charge is 2.38. The molecule has 1 aliphatic rings. The molecule has 0 spiro atoms. The molecule has 4 heteroatoms. The van der Waals surface area contributed by atoms with Crippen molar-refractivity contribution in [2.45, 2.75) is 56.7 Å². The maximum absolute atomic E-state index is 13.2. The van der Waals surface area contributed by atoms with Gasteiger partial charge in [0.25, 0.3) is 0 Å². The van der Waals surface area contributed by atoms with Crippen molar-refractivity contribution in [2.75, 3.05) is 7.11 Å². The van der Waals surface area contributed by atoms with Crippen LogP contribution >= 0.6 is 11.6 Å². The fourth-order valence-corrected chi connectivity index (χ4v) is 3.28. The minimum atomic E-state index is -0.591. The summed E-state index contributed by atoms with van der Waals surface area (Å²) in [4.78, 5) is 0. The lowest BCUT2D eigenvalue weighted by molar-refractivity contribution is -0.111. The quantitative estimate of drug-likeness (QED) is 0.848. The maximum Gasteiger partial charge on any atom is 0.141 e. The van der Waals surface area contributed by atoms with Gasteiger partial charge in [-0.05, 0) is 30.5 Å². The van der Waals surface area contributed by atoms with Gasteiger partial charge in [0.05, 0.1) is 16.7 Å². The Hall–Kier alpha value is -0.640. The second-order valence-corrected chi connectivity index (χ2v) is 6.06. The van der Waals surface area contributed by atoms with Crippen molar-refractivity contribution in [3.05, 3.63) is 34.6 Å². The third-order valence-electron chi connectivity index (χ3n) is 4.38. The van der Waals surface area contributed by atoms with Crippen molar-refractivity contribution >= 4 is 11.6 Å². The number of aliphatic hydroxyl groups is 1. The Balaban J connectivity index is 2.11. The first-order chi connectivity index (χ1) is 9.57. The number of aliphatic hydroxyl groups excluding tert-OH is 1. The largest absolute Gasteiger partial charge is 0.390 e. The van der Waals surface area contributed by atoms with Crippen molar-refractivity contribution < 1.29 is 14.2 Å². The molecule has 1 N–H and O–H groups in total. The van der Waals surface area contributed by atoms with Gasteiger partial charge in [0, 0.05) is 13.5 Å². The van der Waals surface area contributed by atoms with Crippen molar-refractivity contribution in [1.82, 2.24) is 0 Å². The van der Waals surface area contributed by atoms with Gasteiger partial charge in [-0.3, -0.25) is 0 Å². The number of benzene rings is 1. The monoisotopic (exact) mass is 300 g/mol. The molecule has 0 heterocycles. The second-order valence-electron chi connectivity index (χ2n) is 5.65. The van der Waals surface area contributed by atoms with Gasteiger partial charge in [0.1, 0.15) is 5.82 Å². The Morgan fingerprint density at radius 2 is 1.95 bits per heavy atom. The minimum Gasteiger partial charge on any atom is -0.390 e. The molecule has 1 unspecified atom stereocenters. The molecule has 0 bridgehead atoms. The molecule has 20 heavy (non-hydrogen) atoms. The van der Waals surface area contributed by atoms with Crippen molar-refractivity contribution in [3.8, 4) is 0 Å². The van der Waals surface area contributed by atoms with E-state index in [1.807, 2.05) is 0 Å². The number of methoxy groups -OCH3 is 1. The first-order valence-corrected chi connectivity index (χ1v) is 7.62. The van der Waals surface area contributed by atoms with E-state index in [-0.39, 0.29) is 5.02 Å². The zero-order valence-corrected chi connectivity index (χ0v) is 12.6. The van der Waals surface area contributed by atoms with Crippen molar-refractivity contribution in [1.29, 1.82) is 0 Å². The fourth-order valence-electron chi connectivity index (χ4n) is 3.08. The Morgan fingerprint density at radius 1 is 1.30 bits per heavy atom. The van der Waals surface area contributed by atoms with Gasteiger partial charge in [-0.1, -0.05) is 43.4 Å². The minimum absolute atomic E-state index is 0.0991. The summed E-state index contributed by atoms with van der Waals surface area (Å²) in [7, 11) is 1.67. The molecule has 1 saturated carbocycles. The van der Waals surface area contributed by atoms with Crippen molar-refractivity contribution in [2.24, 2.45) is 0 Å². The number of hydrogen-bond acceptors (Lipinski definition) is 2. The predicted octanol–water partition coefficient (Wildman–Crippen LogP) is 4.12. The molecule has 1 aromatic carbocycles. The van der Waals surface area contributed by atoms with Gasteiger partial charge in [0.2, 0.25) is 0 Å². The van der Waals surface area contributed by atoms with E-state index in [1.54, 1.807) is 19.2 Å². The summed E-state index contributed by atoms with van der Waals surface area (Å²) in [6, 6.07) is 4.60. The second kappa shape index (κ2) is 6.88. The van der Waals surface area contributed by atoms with E-state index in [4.69, 9.17) is 16.3 Å². The normalized spacial score (nSPS) is 20.4.